The molecule has 0 bridgehead atoms. The molecule has 0 amide bonds. The SMILES string of the molecule is COc1cc(C=N)ncn1. The van der Waals surface area contributed by atoms with Crippen LogP contribution in [-0.4, -0.2) is 23.3 Å². The van der Waals surface area contributed by atoms with Gasteiger partial charge >= 0.3 is 0 Å². The van der Waals surface area contributed by atoms with E-state index in [2.05, 4.69) is 9.97 Å². The summed E-state index contributed by atoms with van der Waals surface area (Å²) in [4.78, 5) is 7.54. The van der Waals surface area contributed by atoms with E-state index in [1.54, 1.807) is 6.07 Å². The van der Waals surface area contributed by atoms with E-state index in [4.69, 9.17) is 10.1 Å². The summed E-state index contributed by atoms with van der Waals surface area (Å²) >= 11 is 0. The van der Waals surface area contributed by atoms with E-state index in [9.17, 15) is 0 Å². The Kier molecular flexibility index (Phi) is 1.94. The molecule has 0 radical (unpaired) electrons. The third kappa shape index (κ3) is 1.28. The topological polar surface area (TPSA) is 58.9 Å². The van der Waals surface area contributed by atoms with Crippen LogP contribution in [0.3, 0.4) is 0 Å². The molecule has 0 aliphatic rings. The molecule has 0 spiro atoms. The molecule has 0 saturated heterocycles. The summed E-state index contributed by atoms with van der Waals surface area (Å²) in [5.41, 5.74) is 0.548. The zero-order valence-corrected chi connectivity index (χ0v) is 5.53. The molecule has 0 saturated carbocycles. The first-order valence-electron chi connectivity index (χ1n) is 2.73. The van der Waals surface area contributed by atoms with Crippen LogP contribution in [0.1, 0.15) is 5.69 Å². The van der Waals surface area contributed by atoms with Gasteiger partial charge in [-0.1, -0.05) is 0 Å². The third-order valence-electron chi connectivity index (χ3n) is 1.02. The molecule has 4 heteroatoms. The molecule has 4 nitrogen and oxygen atoms in total. The highest BCUT2D eigenvalue weighted by Crippen LogP contribution is 2.02. The summed E-state index contributed by atoms with van der Waals surface area (Å²) in [7, 11) is 1.52. The second-order valence-corrected chi connectivity index (χ2v) is 1.63. The van der Waals surface area contributed by atoms with E-state index in [1.165, 1.54) is 13.4 Å². The Labute approximate surface area is 58.4 Å². The molecule has 0 aliphatic heterocycles. The summed E-state index contributed by atoms with van der Waals surface area (Å²) in [6.07, 6.45) is 2.50. The lowest BCUT2D eigenvalue weighted by Crippen LogP contribution is -1.91. The fraction of sp³-hybridized carbons (Fsp3) is 0.167. The fourth-order valence-corrected chi connectivity index (χ4v) is 0.544. The minimum Gasteiger partial charge on any atom is -0.481 e. The second kappa shape index (κ2) is 2.91. The minimum atomic E-state index is 0.480. The maximum Gasteiger partial charge on any atom is 0.216 e. The molecule has 10 heavy (non-hydrogen) atoms. The molecule has 52 valence electrons. The fourth-order valence-electron chi connectivity index (χ4n) is 0.544. The van der Waals surface area contributed by atoms with E-state index in [1.807, 2.05) is 0 Å². The van der Waals surface area contributed by atoms with E-state index in [-0.39, 0.29) is 0 Å². The molecular weight excluding hydrogens is 130 g/mol. The van der Waals surface area contributed by atoms with Crippen LogP contribution in [-0.2, 0) is 0 Å². The number of nitrogens with zero attached hydrogens (tertiary/aromatic N) is 2. The van der Waals surface area contributed by atoms with Gasteiger partial charge in [0, 0.05) is 12.3 Å². The van der Waals surface area contributed by atoms with E-state index in [0.29, 0.717) is 11.6 Å². The predicted octanol–water partition coefficient (Wildman–Crippen LogP) is 0.483. The van der Waals surface area contributed by atoms with Crippen LogP contribution < -0.4 is 4.74 Å². The third-order valence-corrected chi connectivity index (χ3v) is 1.02. The Morgan fingerprint density at radius 3 is 3.00 bits per heavy atom. The van der Waals surface area contributed by atoms with Crippen LogP contribution in [0.15, 0.2) is 12.4 Å². The van der Waals surface area contributed by atoms with E-state index in [0.717, 1.165) is 6.21 Å². The molecule has 1 aromatic heterocycles. The van der Waals surface area contributed by atoms with Crippen molar-refractivity contribution >= 4 is 6.21 Å². The van der Waals surface area contributed by atoms with Gasteiger partial charge in [0.2, 0.25) is 5.88 Å². The smallest absolute Gasteiger partial charge is 0.216 e. The number of hydrogen-bond donors (Lipinski definition) is 1. The molecule has 1 aromatic rings. The highest BCUT2D eigenvalue weighted by molar-refractivity contribution is 5.74. The zero-order chi connectivity index (χ0) is 7.40. The van der Waals surface area contributed by atoms with Gasteiger partial charge in [0.15, 0.2) is 0 Å². The van der Waals surface area contributed by atoms with Crippen molar-refractivity contribution in [3.8, 4) is 5.88 Å². The van der Waals surface area contributed by atoms with Gasteiger partial charge in [0.25, 0.3) is 0 Å². The first kappa shape index (κ1) is 6.67. The first-order chi connectivity index (χ1) is 4.86. The van der Waals surface area contributed by atoms with Crippen molar-refractivity contribution in [3.05, 3.63) is 18.1 Å². The van der Waals surface area contributed by atoms with E-state index >= 15 is 0 Å². The second-order valence-electron chi connectivity index (χ2n) is 1.63. The largest absolute Gasteiger partial charge is 0.481 e. The van der Waals surface area contributed by atoms with Crippen molar-refractivity contribution in [1.82, 2.24) is 9.97 Å². The van der Waals surface area contributed by atoms with Crippen molar-refractivity contribution < 1.29 is 4.74 Å². The van der Waals surface area contributed by atoms with Crippen molar-refractivity contribution in [2.45, 2.75) is 0 Å². The summed E-state index contributed by atoms with van der Waals surface area (Å²) in [6, 6.07) is 1.59. The molecule has 0 aromatic carbocycles. The highest BCUT2D eigenvalue weighted by atomic mass is 16.5. The Hall–Kier alpha value is -1.45. The Morgan fingerprint density at radius 2 is 2.40 bits per heavy atom. The summed E-state index contributed by atoms with van der Waals surface area (Å²) in [5.74, 6) is 0.480. The van der Waals surface area contributed by atoms with Crippen LogP contribution in [0.25, 0.3) is 0 Å². The Morgan fingerprint density at radius 1 is 1.60 bits per heavy atom. The van der Waals surface area contributed by atoms with Gasteiger partial charge in [0.1, 0.15) is 6.33 Å². The van der Waals surface area contributed by atoms with Crippen molar-refractivity contribution in [1.29, 1.82) is 5.41 Å². The summed E-state index contributed by atoms with van der Waals surface area (Å²) < 4.78 is 4.80. The van der Waals surface area contributed by atoms with Crippen molar-refractivity contribution in [2.24, 2.45) is 0 Å². The van der Waals surface area contributed by atoms with Crippen molar-refractivity contribution in [2.75, 3.05) is 7.11 Å². The van der Waals surface area contributed by atoms with Gasteiger partial charge in [-0.15, -0.1) is 0 Å². The number of aromatic nitrogens is 2. The molecular formula is C6H7N3O. The normalized spacial score (nSPS) is 8.90. The summed E-state index contributed by atoms with van der Waals surface area (Å²) in [5, 5.41) is 6.84. The van der Waals surface area contributed by atoms with Gasteiger partial charge in [-0.25, -0.2) is 9.97 Å². The Bertz CT molecular complexity index is 236. The van der Waals surface area contributed by atoms with Crippen LogP contribution in [0.5, 0.6) is 5.88 Å². The van der Waals surface area contributed by atoms with Gasteiger partial charge in [-0.2, -0.15) is 0 Å². The highest BCUT2D eigenvalue weighted by Gasteiger charge is 1.92. The molecule has 0 aliphatic carbocycles. The van der Waals surface area contributed by atoms with Crippen molar-refractivity contribution in [3.63, 3.8) is 0 Å². The van der Waals surface area contributed by atoms with Crippen LogP contribution in [0.2, 0.25) is 0 Å². The van der Waals surface area contributed by atoms with Crippen LogP contribution >= 0.6 is 0 Å². The molecule has 0 atom stereocenters. The van der Waals surface area contributed by atoms with Gasteiger partial charge in [-0.3, -0.25) is 0 Å². The maximum atomic E-state index is 6.84. The molecule has 0 unspecified atom stereocenters. The lowest BCUT2D eigenvalue weighted by Gasteiger charge is -1.95. The molecule has 1 heterocycles. The number of nitrogens with one attached hydrogen (secondary N) is 1. The zero-order valence-electron chi connectivity index (χ0n) is 5.53. The number of methoxy groups -OCH3 is 1. The average Bonchev–Trinajstić information content (AvgIpc) is 2.05. The standard InChI is InChI=1S/C6H7N3O/c1-10-6-2-5(3-7)8-4-9-6/h2-4,7H,1H3. The van der Waals surface area contributed by atoms with E-state index < -0.39 is 0 Å². The van der Waals surface area contributed by atoms with Gasteiger partial charge < -0.3 is 10.1 Å². The maximum absolute atomic E-state index is 6.84. The summed E-state index contributed by atoms with van der Waals surface area (Å²) in [6.45, 7) is 0. The number of ether oxygens (including phenoxy) is 1. The lowest BCUT2D eigenvalue weighted by atomic mass is 10.4. The quantitative estimate of drug-likeness (QED) is 0.603. The number of hydrogen-bond acceptors (Lipinski definition) is 4. The molecule has 1 N–H and O–H groups in total. The molecule has 1 rings (SSSR count). The van der Waals surface area contributed by atoms with Crippen LogP contribution in [0.4, 0.5) is 0 Å². The minimum absolute atomic E-state index is 0.480. The average molecular weight is 137 g/mol. The first-order valence-corrected chi connectivity index (χ1v) is 2.73. The van der Waals surface area contributed by atoms with Crippen LogP contribution in [0, 0.1) is 5.41 Å². The predicted molar refractivity (Wildman–Crippen MR) is 36.5 cm³/mol. The lowest BCUT2D eigenvalue weighted by molar-refractivity contribution is 0.396. The number of rotatable bonds is 2. The Balaban J connectivity index is 2.98. The van der Waals surface area contributed by atoms with Gasteiger partial charge in [-0.05, 0) is 0 Å². The molecule has 0 fully saturated rings. The monoisotopic (exact) mass is 137 g/mol. The van der Waals surface area contributed by atoms with Gasteiger partial charge in [0.05, 0.1) is 12.8 Å².